The van der Waals surface area contributed by atoms with Crippen LogP contribution in [-0.4, -0.2) is 0 Å². The molecule has 0 unspecified atom stereocenters. The van der Waals surface area contributed by atoms with E-state index in [9.17, 15) is 0 Å². The fourth-order valence-electron chi connectivity index (χ4n) is 1.82. The molecule has 0 saturated heterocycles. The van der Waals surface area contributed by atoms with Crippen molar-refractivity contribution in [3.63, 3.8) is 0 Å². The molecule has 0 N–H and O–H groups in total. The highest BCUT2D eigenvalue weighted by Gasteiger charge is 2.24. The molecule has 0 amide bonds. The SMILES string of the molecule is CC(C)(C)c1cccc(C(C)(C)C)c1SS. The number of hydrogen-bond acceptors (Lipinski definition) is 2. The summed E-state index contributed by atoms with van der Waals surface area (Å²) < 4.78 is 0. The maximum atomic E-state index is 4.43. The van der Waals surface area contributed by atoms with Crippen molar-refractivity contribution in [3.05, 3.63) is 29.3 Å². The zero-order chi connectivity index (χ0) is 12.6. The third-order valence-electron chi connectivity index (χ3n) is 2.72. The lowest BCUT2D eigenvalue weighted by molar-refractivity contribution is 0.547. The highest BCUT2D eigenvalue weighted by molar-refractivity contribution is 8.68. The van der Waals surface area contributed by atoms with Gasteiger partial charge in [0, 0.05) is 4.90 Å². The quantitative estimate of drug-likeness (QED) is 0.529. The van der Waals surface area contributed by atoms with Crippen LogP contribution in [0.3, 0.4) is 0 Å². The van der Waals surface area contributed by atoms with Crippen LogP contribution in [0.5, 0.6) is 0 Å². The first-order chi connectivity index (χ1) is 7.18. The molecule has 0 nitrogen and oxygen atoms in total. The number of benzene rings is 1. The Balaban J connectivity index is 3.45. The van der Waals surface area contributed by atoms with Gasteiger partial charge in [0.1, 0.15) is 0 Å². The maximum absolute atomic E-state index is 4.43. The minimum atomic E-state index is 0.173. The predicted molar refractivity (Wildman–Crippen MR) is 78.7 cm³/mol. The van der Waals surface area contributed by atoms with Crippen LogP contribution in [0.15, 0.2) is 23.1 Å². The molecule has 0 fully saturated rings. The number of hydrogen-bond donors (Lipinski definition) is 1. The van der Waals surface area contributed by atoms with Gasteiger partial charge in [-0.3, -0.25) is 0 Å². The summed E-state index contributed by atoms with van der Waals surface area (Å²) in [5.74, 6) is 0. The normalized spacial score (nSPS) is 12.9. The molecular weight excluding hydrogens is 232 g/mol. The molecule has 0 aromatic heterocycles. The summed E-state index contributed by atoms with van der Waals surface area (Å²) in [6.07, 6.45) is 0. The van der Waals surface area contributed by atoms with Gasteiger partial charge in [-0.15, -0.1) is 11.7 Å². The molecule has 0 spiro atoms. The Hall–Kier alpha value is -0.0800. The topological polar surface area (TPSA) is 0 Å². The summed E-state index contributed by atoms with van der Waals surface area (Å²) in [4.78, 5) is 1.32. The van der Waals surface area contributed by atoms with Crippen LogP contribution >= 0.6 is 22.5 Å². The van der Waals surface area contributed by atoms with E-state index in [1.54, 1.807) is 10.8 Å². The van der Waals surface area contributed by atoms with Crippen molar-refractivity contribution in [3.8, 4) is 0 Å². The van der Waals surface area contributed by atoms with E-state index in [2.05, 4.69) is 71.4 Å². The molecule has 0 radical (unpaired) electrons. The van der Waals surface area contributed by atoms with Crippen LogP contribution in [0.25, 0.3) is 0 Å². The van der Waals surface area contributed by atoms with Crippen LogP contribution < -0.4 is 0 Å². The van der Waals surface area contributed by atoms with Crippen molar-refractivity contribution in [2.75, 3.05) is 0 Å². The molecule has 1 aromatic carbocycles. The van der Waals surface area contributed by atoms with E-state index in [0.29, 0.717) is 0 Å². The maximum Gasteiger partial charge on any atom is 0.0255 e. The molecule has 0 saturated carbocycles. The van der Waals surface area contributed by atoms with Gasteiger partial charge in [0.2, 0.25) is 0 Å². The Morgan fingerprint density at radius 1 is 0.875 bits per heavy atom. The molecule has 1 rings (SSSR count). The predicted octanol–water partition coefficient (Wildman–Crippen LogP) is 5.22. The lowest BCUT2D eigenvalue weighted by atomic mass is 9.80. The fourth-order valence-corrected chi connectivity index (χ4v) is 3.35. The van der Waals surface area contributed by atoms with E-state index in [1.807, 2.05) is 0 Å². The molecule has 16 heavy (non-hydrogen) atoms. The Morgan fingerprint density at radius 2 is 1.25 bits per heavy atom. The summed E-state index contributed by atoms with van der Waals surface area (Å²) in [6.45, 7) is 13.5. The van der Waals surface area contributed by atoms with Crippen LogP contribution in [0.4, 0.5) is 0 Å². The smallest absolute Gasteiger partial charge is 0.0255 e. The third-order valence-corrected chi connectivity index (χ3v) is 3.89. The molecule has 1 aromatic rings. The van der Waals surface area contributed by atoms with Crippen LogP contribution in [0.1, 0.15) is 52.7 Å². The second-order valence-electron chi connectivity index (χ2n) is 6.27. The van der Waals surface area contributed by atoms with Crippen molar-refractivity contribution in [1.29, 1.82) is 0 Å². The lowest BCUT2D eigenvalue weighted by Crippen LogP contribution is -2.18. The molecule has 0 bridgehead atoms. The molecule has 2 heteroatoms. The van der Waals surface area contributed by atoms with Gasteiger partial charge in [0.05, 0.1) is 0 Å². The molecule has 0 heterocycles. The van der Waals surface area contributed by atoms with Gasteiger partial charge in [0.15, 0.2) is 0 Å². The Morgan fingerprint density at radius 3 is 1.50 bits per heavy atom. The molecule has 0 atom stereocenters. The third kappa shape index (κ3) is 2.98. The minimum absolute atomic E-state index is 0.173. The molecular formula is C14H22S2. The Labute approximate surface area is 109 Å². The Kier molecular flexibility index (Phi) is 4.07. The zero-order valence-corrected chi connectivity index (χ0v) is 12.8. The van der Waals surface area contributed by atoms with Crippen LogP contribution in [-0.2, 0) is 10.8 Å². The first-order valence-electron chi connectivity index (χ1n) is 5.63. The number of rotatable bonds is 1. The highest BCUT2D eigenvalue weighted by Crippen LogP contribution is 2.40. The van der Waals surface area contributed by atoms with E-state index in [0.717, 1.165) is 0 Å². The number of thiol groups is 1. The first kappa shape index (κ1) is 14.0. The Bertz CT molecular complexity index is 335. The first-order valence-corrected chi connectivity index (χ1v) is 7.50. The summed E-state index contributed by atoms with van der Waals surface area (Å²) in [5, 5.41) is 0. The summed E-state index contributed by atoms with van der Waals surface area (Å²) >= 11 is 4.43. The van der Waals surface area contributed by atoms with Gasteiger partial charge < -0.3 is 0 Å². The van der Waals surface area contributed by atoms with Crippen molar-refractivity contribution < 1.29 is 0 Å². The molecule has 0 aliphatic rings. The van der Waals surface area contributed by atoms with E-state index in [1.165, 1.54) is 16.0 Å². The summed E-state index contributed by atoms with van der Waals surface area (Å²) in [6, 6.07) is 6.59. The lowest BCUT2D eigenvalue weighted by Gasteiger charge is -2.28. The van der Waals surface area contributed by atoms with E-state index in [4.69, 9.17) is 0 Å². The van der Waals surface area contributed by atoms with Gasteiger partial charge >= 0.3 is 0 Å². The second kappa shape index (κ2) is 4.66. The van der Waals surface area contributed by atoms with Crippen LogP contribution in [0.2, 0.25) is 0 Å². The van der Waals surface area contributed by atoms with Gasteiger partial charge in [-0.2, -0.15) is 0 Å². The average Bonchev–Trinajstić information content (AvgIpc) is 2.13. The summed E-state index contributed by atoms with van der Waals surface area (Å²) in [7, 11) is 1.57. The van der Waals surface area contributed by atoms with E-state index in [-0.39, 0.29) is 10.8 Å². The standard InChI is InChI=1S/C14H22S2/c1-13(2,3)10-8-7-9-11(12(10)16-15)14(4,5)6/h7-9,15H,1-6H3. The minimum Gasteiger partial charge on any atom is -0.106 e. The monoisotopic (exact) mass is 254 g/mol. The van der Waals surface area contributed by atoms with Gasteiger partial charge in [0.25, 0.3) is 0 Å². The zero-order valence-electron chi connectivity index (χ0n) is 11.1. The van der Waals surface area contributed by atoms with Gasteiger partial charge in [-0.1, -0.05) is 70.5 Å². The van der Waals surface area contributed by atoms with Gasteiger partial charge in [-0.25, -0.2) is 0 Å². The highest BCUT2D eigenvalue weighted by atomic mass is 33.1. The van der Waals surface area contributed by atoms with Gasteiger partial charge in [-0.05, 0) is 22.0 Å². The van der Waals surface area contributed by atoms with E-state index >= 15 is 0 Å². The van der Waals surface area contributed by atoms with Crippen molar-refractivity contribution in [1.82, 2.24) is 0 Å². The van der Waals surface area contributed by atoms with Crippen molar-refractivity contribution >= 4 is 22.5 Å². The van der Waals surface area contributed by atoms with Crippen LogP contribution in [0, 0.1) is 0 Å². The molecule has 90 valence electrons. The largest absolute Gasteiger partial charge is 0.106 e. The van der Waals surface area contributed by atoms with Crippen molar-refractivity contribution in [2.45, 2.75) is 57.3 Å². The average molecular weight is 254 g/mol. The summed E-state index contributed by atoms with van der Waals surface area (Å²) in [5.41, 5.74) is 3.12. The van der Waals surface area contributed by atoms with E-state index < -0.39 is 0 Å². The fraction of sp³-hybridized carbons (Fsp3) is 0.571. The second-order valence-corrected chi connectivity index (χ2v) is 7.41. The molecule has 0 aliphatic carbocycles. The molecule has 0 aliphatic heterocycles. The van der Waals surface area contributed by atoms with Crippen molar-refractivity contribution in [2.24, 2.45) is 0 Å².